The molecule has 0 unspecified atom stereocenters. The number of carbonyl (C=O) groups excluding carboxylic acids is 1. The fourth-order valence-corrected chi connectivity index (χ4v) is 3.14. The molecule has 27 heavy (non-hydrogen) atoms. The van der Waals surface area contributed by atoms with Crippen LogP contribution in [0.3, 0.4) is 0 Å². The van der Waals surface area contributed by atoms with E-state index in [0.717, 1.165) is 6.26 Å². The van der Waals surface area contributed by atoms with E-state index in [9.17, 15) is 13.2 Å². The maximum atomic E-state index is 12.2. The molecule has 2 aromatic carbocycles. The number of sulfonamides is 1. The Morgan fingerprint density at radius 2 is 1.78 bits per heavy atom. The van der Waals surface area contributed by atoms with Gasteiger partial charge in [0.25, 0.3) is 0 Å². The molecule has 7 nitrogen and oxygen atoms in total. The summed E-state index contributed by atoms with van der Waals surface area (Å²) in [5, 5.41) is 2.97. The van der Waals surface area contributed by atoms with Crippen molar-refractivity contribution < 1.29 is 22.7 Å². The lowest BCUT2D eigenvalue weighted by Gasteiger charge is -2.11. The second kappa shape index (κ2) is 8.79. The quantitative estimate of drug-likeness (QED) is 0.682. The Bertz CT molecular complexity index is 974. The second-order valence-corrected chi connectivity index (χ2v) is 7.64. The highest BCUT2D eigenvalue weighted by molar-refractivity contribution is 7.92. The number of hydrogen-bond donors (Lipinski definition) is 2. The summed E-state index contributed by atoms with van der Waals surface area (Å²) in [4.78, 5) is 12.2. The van der Waals surface area contributed by atoms with Crippen LogP contribution < -0.4 is 19.5 Å². The molecule has 0 radical (unpaired) electrons. The topological polar surface area (TPSA) is 93.7 Å². The fourth-order valence-electron chi connectivity index (χ4n) is 2.26. The lowest BCUT2D eigenvalue weighted by molar-refractivity contribution is -0.111. The van der Waals surface area contributed by atoms with Crippen LogP contribution in [-0.2, 0) is 14.8 Å². The van der Waals surface area contributed by atoms with Crippen LogP contribution in [0, 0.1) is 0 Å². The monoisotopic (exact) mass is 410 g/mol. The highest BCUT2D eigenvalue weighted by atomic mass is 35.5. The van der Waals surface area contributed by atoms with Crippen LogP contribution >= 0.6 is 11.6 Å². The van der Waals surface area contributed by atoms with Gasteiger partial charge in [0.15, 0.2) is 11.5 Å². The maximum absolute atomic E-state index is 12.2. The lowest BCUT2D eigenvalue weighted by Crippen LogP contribution is -2.14. The van der Waals surface area contributed by atoms with E-state index in [1.165, 1.54) is 20.3 Å². The first-order valence-electron chi connectivity index (χ1n) is 7.71. The fraction of sp³-hybridized carbons (Fsp3) is 0.167. The SMILES string of the molecule is COc1cc(/C=C/C(=O)Nc2ccccc2NS(C)(=O)=O)cc(Cl)c1OC. The number of carbonyl (C=O) groups is 1. The van der Waals surface area contributed by atoms with E-state index < -0.39 is 15.9 Å². The number of rotatable bonds is 7. The number of halogens is 1. The maximum Gasteiger partial charge on any atom is 0.248 e. The van der Waals surface area contributed by atoms with Crippen LogP contribution in [0.2, 0.25) is 5.02 Å². The van der Waals surface area contributed by atoms with Crippen molar-refractivity contribution >= 4 is 45.0 Å². The highest BCUT2D eigenvalue weighted by Gasteiger charge is 2.11. The van der Waals surface area contributed by atoms with E-state index >= 15 is 0 Å². The molecule has 0 fully saturated rings. The average molecular weight is 411 g/mol. The van der Waals surface area contributed by atoms with Gasteiger partial charge in [0, 0.05) is 6.08 Å². The number of nitrogens with one attached hydrogen (secondary N) is 2. The molecule has 0 aromatic heterocycles. The summed E-state index contributed by atoms with van der Waals surface area (Å²) in [6.07, 6.45) is 3.89. The van der Waals surface area contributed by atoms with Gasteiger partial charge in [-0.3, -0.25) is 9.52 Å². The molecule has 0 bridgehead atoms. The van der Waals surface area contributed by atoms with Gasteiger partial charge in [-0.1, -0.05) is 23.7 Å². The summed E-state index contributed by atoms with van der Waals surface area (Å²) < 4.78 is 35.6. The van der Waals surface area contributed by atoms with Gasteiger partial charge in [-0.25, -0.2) is 8.42 Å². The van der Waals surface area contributed by atoms with Crippen molar-refractivity contribution in [3.63, 3.8) is 0 Å². The smallest absolute Gasteiger partial charge is 0.248 e. The Hall–Kier alpha value is -2.71. The first-order valence-corrected chi connectivity index (χ1v) is 9.98. The summed E-state index contributed by atoms with van der Waals surface area (Å²) in [7, 11) is -0.503. The summed E-state index contributed by atoms with van der Waals surface area (Å²) >= 11 is 6.14. The summed E-state index contributed by atoms with van der Waals surface area (Å²) in [5.74, 6) is 0.401. The molecule has 144 valence electrons. The van der Waals surface area contributed by atoms with Crippen molar-refractivity contribution in [2.75, 3.05) is 30.5 Å². The van der Waals surface area contributed by atoms with Gasteiger partial charge in [-0.05, 0) is 35.9 Å². The molecule has 1 amide bonds. The highest BCUT2D eigenvalue weighted by Crippen LogP contribution is 2.36. The van der Waals surface area contributed by atoms with Gasteiger partial charge in [0.1, 0.15) is 0 Å². The third kappa shape index (κ3) is 5.90. The molecule has 0 saturated carbocycles. The summed E-state index contributed by atoms with van der Waals surface area (Å²) in [5.41, 5.74) is 1.24. The number of amides is 1. The van der Waals surface area contributed by atoms with Gasteiger partial charge < -0.3 is 14.8 Å². The van der Waals surface area contributed by atoms with Crippen molar-refractivity contribution in [1.82, 2.24) is 0 Å². The number of ether oxygens (including phenoxy) is 2. The zero-order valence-electron chi connectivity index (χ0n) is 14.9. The Balaban J connectivity index is 2.18. The lowest BCUT2D eigenvalue weighted by atomic mass is 10.2. The largest absolute Gasteiger partial charge is 0.493 e. The molecule has 0 aliphatic heterocycles. The van der Waals surface area contributed by atoms with Crippen LogP contribution in [-0.4, -0.2) is 34.8 Å². The summed E-state index contributed by atoms with van der Waals surface area (Å²) in [6.45, 7) is 0. The average Bonchev–Trinajstić information content (AvgIpc) is 2.60. The zero-order chi connectivity index (χ0) is 20.0. The van der Waals surface area contributed by atoms with Gasteiger partial charge in [-0.15, -0.1) is 0 Å². The van der Waals surface area contributed by atoms with Crippen LogP contribution in [0.5, 0.6) is 11.5 Å². The van der Waals surface area contributed by atoms with Crippen molar-refractivity contribution in [2.45, 2.75) is 0 Å². The van der Waals surface area contributed by atoms with E-state index in [-0.39, 0.29) is 5.69 Å². The van der Waals surface area contributed by atoms with E-state index in [0.29, 0.717) is 27.8 Å². The molecule has 0 spiro atoms. The third-order valence-electron chi connectivity index (χ3n) is 3.36. The predicted octanol–water partition coefficient (Wildman–Crippen LogP) is 3.38. The first-order chi connectivity index (χ1) is 12.7. The van der Waals surface area contributed by atoms with E-state index in [2.05, 4.69) is 10.0 Å². The van der Waals surface area contributed by atoms with Crippen LogP contribution in [0.15, 0.2) is 42.5 Å². The van der Waals surface area contributed by atoms with Crippen molar-refractivity contribution in [3.05, 3.63) is 53.1 Å². The Labute approximate surface area is 163 Å². The van der Waals surface area contributed by atoms with E-state index in [1.54, 1.807) is 42.5 Å². The number of methoxy groups -OCH3 is 2. The second-order valence-electron chi connectivity index (χ2n) is 5.48. The number of para-hydroxylation sites is 2. The molecular formula is C18H19ClN2O5S. The van der Waals surface area contributed by atoms with Crippen LogP contribution in [0.1, 0.15) is 5.56 Å². The molecule has 0 aliphatic carbocycles. The third-order valence-corrected chi connectivity index (χ3v) is 4.23. The van der Waals surface area contributed by atoms with Crippen molar-refractivity contribution in [2.24, 2.45) is 0 Å². The van der Waals surface area contributed by atoms with E-state index in [4.69, 9.17) is 21.1 Å². The number of hydrogen-bond acceptors (Lipinski definition) is 5. The Kier molecular flexibility index (Phi) is 6.70. The zero-order valence-corrected chi connectivity index (χ0v) is 16.5. The number of anilines is 2. The standard InChI is InChI=1S/C18H19ClN2O5S/c1-25-16-11-12(10-13(19)18(16)26-2)8-9-17(22)20-14-6-4-5-7-15(14)21-27(3,23)24/h4-11,21H,1-3H3,(H,20,22)/b9-8+. The molecule has 2 N–H and O–H groups in total. The Morgan fingerprint density at radius 3 is 2.37 bits per heavy atom. The minimum absolute atomic E-state index is 0.274. The molecule has 0 heterocycles. The van der Waals surface area contributed by atoms with Gasteiger partial charge >= 0.3 is 0 Å². The van der Waals surface area contributed by atoms with Gasteiger partial charge in [0.2, 0.25) is 15.9 Å². The molecule has 0 atom stereocenters. The molecule has 2 aromatic rings. The first kappa shape index (κ1) is 20.6. The Morgan fingerprint density at radius 1 is 1.11 bits per heavy atom. The predicted molar refractivity (Wildman–Crippen MR) is 107 cm³/mol. The number of benzene rings is 2. The van der Waals surface area contributed by atoms with E-state index in [1.807, 2.05) is 0 Å². The summed E-state index contributed by atoms with van der Waals surface area (Å²) in [6, 6.07) is 9.78. The molecule has 9 heteroatoms. The van der Waals surface area contributed by atoms with Crippen LogP contribution in [0.4, 0.5) is 11.4 Å². The molecule has 2 rings (SSSR count). The minimum Gasteiger partial charge on any atom is -0.493 e. The van der Waals surface area contributed by atoms with Crippen LogP contribution in [0.25, 0.3) is 6.08 Å². The molecule has 0 saturated heterocycles. The minimum atomic E-state index is -3.47. The molecule has 0 aliphatic rings. The molecular weight excluding hydrogens is 392 g/mol. The van der Waals surface area contributed by atoms with Gasteiger partial charge in [-0.2, -0.15) is 0 Å². The normalized spacial score (nSPS) is 11.3. The van der Waals surface area contributed by atoms with Crippen molar-refractivity contribution in [3.8, 4) is 11.5 Å². The van der Waals surface area contributed by atoms with Gasteiger partial charge in [0.05, 0.1) is 36.9 Å². The van der Waals surface area contributed by atoms with Crippen molar-refractivity contribution in [1.29, 1.82) is 0 Å².